The zero-order valence-electron chi connectivity index (χ0n) is 13.4. The third kappa shape index (κ3) is 4.60. The van der Waals surface area contributed by atoms with E-state index in [4.69, 9.17) is 9.63 Å². The van der Waals surface area contributed by atoms with Crippen molar-refractivity contribution >= 4 is 18.4 Å². The molecule has 2 heterocycles. The first-order chi connectivity index (χ1) is 10.7. The lowest BCUT2D eigenvalue weighted by Gasteiger charge is -2.21. The number of alkyl halides is 3. The van der Waals surface area contributed by atoms with E-state index in [-0.39, 0.29) is 31.4 Å². The van der Waals surface area contributed by atoms with E-state index in [9.17, 15) is 18.0 Å². The molecule has 0 aromatic carbocycles. The van der Waals surface area contributed by atoms with Gasteiger partial charge in [0, 0.05) is 19.5 Å². The SMILES string of the molecule is CCCCc1noc(C(C)N2C[C@@H](C(F)(F)F)[C@H](C(=O)O)C2)n1.Cl. The molecule has 138 valence electrons. The summed E-state index contributed by atoms with van der Waals surface area (Å²) >= 11 is 0. The molecule has 1 aromatic heterocycles. The molecule has 6 nitrogen and oxygen atoms in total. The van der Waals surface area contributed by atoms with Crippen LogP contribution in [-0.2, 0) is 11.2 Å². The molecule has 1 aromatic rings. The highest BCUT2D eigenvalue weighted by Crippen LogP contribution is 2.40. The number of likely N-dealkylation sites (tertiary alicyclic amines) is 1. The Bertz CT molecular complexity index is 553. The number of unbranched alkanes of at least 4 members (excludes halogenated alkanes) is 1. The van der Waals surface area contributed by atoms with Crippen molar-refractivity contribution in [3.05, 3.63) is 11.7 Å². The highest BCUT2D eigenvalue weighted by Gasteiger charge is 2.53. The van der Waals surface area contributed by atoms with Crippen LogP contribution in [0, 0.1) is 11.8 Å². The van der Waals surface area contributed by atoms with Crippen molar-refractivity contribution in [3.63, 3.8) is 0 Å². The minimum absolute atomic E-state index is 0. The number of hydrogen-bond acceptors (Lipinski definition) is 5. The Labute approximate surface area is 143 Å². The summed E-state index contributed by atoms with van der Waals surface area (Å²) in [7, 11) is 0. The number of halogens is 4. The van der Waals surface area contributed by atoms with Gasteiger partial charge in [-0.25, -0.2) is 0 Å². The molecule has 10 heteroatoms. The Kier molecular flexibility index (Phi) is 7.03. The molecule has 0 radical (unpaired) electrons. The molecule has 1 aliphatic rings. The van der Waals surface area contributed by atoms with E-state index in [2.05, 4.69) is 10.1 Å². The molecule has 0 amide bonds. The summed E-state index contributed by atoms with van der Waals surface area (Å²) in [6, 6.07) is -0.549. The van der Waals surface area contributed by atoms with E-state index >= 15 is 0 Å². The standard InChI is InChI=1S/C14H20F3N3O3.ClH/c1-3-4-5-11-18-12(23-19-11)8(2)20-6-9(13(21)22)10(7-20)14(15,16)17;/h8-10H,3-7H2,1-2H3,(H,21,22);1H/t8?,9-,10-;/m1./s1. The van der Waals surface area contributed by atoms with Gasteiger partial charge in [-0.1, -0.05) is 18.5 Å². The van der Waals surface area contributed by atoms with Crippen LogP contribution in [0.2, 0.25) is 0 Å². The number of aliphatic carboxylic acids is 1. The molecule has 24 heavy (non-hydrogen) atoms. The van der Waals surface area contributed by atoms with Crippen molar-refractivity contribution in [2.24, 2.45) is 11.8 Å². The highest BCUT2D eigenvalue weighted by atomic mass is 35.5. The fraction of sp³-hybridized carbons (Fsp3) is 0.786. The van der Waals surface area contributed by atoms with Crippen molar-refractivity contribution in [3.8, 4) is 0 Å². The summed E-state index contributed by atoms with van der Waals surface area (Å²) in [5, 5.41) is 12.9. The first kappa shape index (κ1) is 20.7. The monoisotopic (exact) mass is 371 g/mol. The zero-order valence-corrected chi connectivity index (χ0v) is 14.2. The molecule has 1 unspecified atom stereocenters. The number of carboxylic acids is 1. The Morgan fingerprint density at radius 2 is 2.12 bits per heavy atom. The lowest BCUT2D eigenvalue weighted by Crippen LogP contribution is -2.33. The fourth-order valence-electron chi connectivity index (χ4n) is 2.76. The van der Waals surface area contributed by atoms with Crippen LogP contribution in [0.3, 0.4) is 0 Å². The van der Waals surface area contributed by atoms with Gasteiger partial charge in [0.1, 0.15) is 0 Å². The maximum Gasteiger partial charge on any atom is 0.393 e. The van der Waals surface area contributed by atoms with E-state index in [1.165, 1.54) is 4.90 Å². The van der Waals surface area contributed by atoms with Gasteiger partial charge in [0.25, 0.3) is 0 Å². The summed E-state index contributed by atoms with van der Waals surface area (Å²) in [6.45, 7) is 3.10. The number of hydrogen-bond donors (Lipinski definition) is 1. The molecule has 1 aliphatic heterocycles. The van der Waals surface area contributed by atoms with Crippen LogP contribution in [0.15, 0.2) is 4.52 Å². The third-order valence-corrected chi connectivity index (χ3v) is 4.23. The summed E-state index contributed by atoms with van der Waals surface area (Å²) in [5.41, 5.74) is 0. The van der Waals surface area contributed by atoms with Gasteiger partial charge in [0.2, 0.25) is 5.89 Å². The lowest BCUT2D eigenvalue weighted by molar-refractivity contribution is -0.188. The minimum Gasteiger partial charge on any atom is -0.481 e. The van der Waals surface area contributed by atoms with Gasteiger partial charge in [-0.2, -0.15) is 18.2 Å². The molecule has 2 rings (SSSR count). The first-order valence-electron chi connectivity index (χ1n) is 7.60. The van der Waals surface area contributed by atoms with E-state index in [0.29, 0.717) is 12.2 Å². The van der Waals surface area contributed by atoms with E-state index < -0.39 is 30.0 Å². The Morgan fingerprint density at radius 1 is 1.46 bits per heavy atom. The minimum atomic E-state index is -4.54. The number of carbonyl (C=O) groups is 1. The van der Waals surface area contributed by atoms with E-state index in [0.717, 1.165) is 12.8 Å². The second-order valence-corrected chi connectivity index (χ2v) is 5.88. The second-order valence-electron chi connectivity index (χ2n) is 5.88. The fourth-order valence-corrected chi connectivity index (χ4v) is 2.76. The predicted molar refractivity (Wildman–Crippen MR) is 80.8 cm³/mol. The molecular weight excluding hydrogens is 351 g/mol. The Hall–Kier alpha value is -1.35. The number of aryl methyl sites for hydroxylation is 1. The predicted octanol–water partition coefficient (Wildman–Crippen LogP) is 3.09. The van der Waals surface area contributed by atoms with Crippen molar-refractivity contribution in [2.75, 3.05) is 13.1 Å². The van der Waals surface area contributed by atoms with Crippen LogP contribution in [-0.4, -0.2) is 45.4 Å². The summed E-state index contributed by atoms with van der Waals surface area (Å²) in [4.78, 5) is 16.7. The van der Waals surface area contributed by atoms with Crippen LogP contribution in [0.4, 0.5) is 13.2 Å². The van der Waals surface area contributed by atoms with Crippen LogP contribution >= 0.6 is 12.4 Å². The molecule has 0 aliphatic carbocycles. The van der Waals surface area contributed by atoms with Gasteiger partial charge in [-0.3, -0.25) is 9.69 Å². The topological polar surface area (TPSA) is 79.5 Å². The van der Waals surface area contributed by atoms with Crippen LogP contribution in [0.5, 0.6) is 0 Å². The average molecular weight is 372 g/mol. The normalized spacial score (nSPS) is 23.0. The van der Waals surface area contributed by atoms with Gasteiger partial charge < -0.3 is 9.63 Å². The Morgan fingerprint density at radius 3 is 2.62 bits per heavy atom. The summed E-state index contributed by atoms with van der Waals surface area (Å²) in [5.74, 6) is -4.04. The number of rotatable bonds is 6. The second kappa shape index (κ2) is 8.15. The number of aromatic nitrogens is 2. The number of carboxylic acid groups (broad SMARTS) is 1. The van der Waals surface area contributed by atoms with Crippen molar-refractivity contribution in [1.82, 2.24) is 15.0 Å². The van der Waals surface area contributed by atoms with Gasteiger partial charge in [-0.05, 0) is 13.3 Å². The van der Waals surface area contributed by atoms with E-state index in [1.807, 2.05) is 6.92 Å². The quantitative estimate of drug-likeness (QED) is 0.827. The zero-order chi connectivity index (χ0) is 17.2. The molecule has 1 N–H and O–H groups in total. The molecular formula is C14H21ClF3N3O3. The van der Waals surface area contributed by atoms with Gasteiger partial charge in [0.05, 0.1) is 17.9 Å². The molecule has 3 atom stereocenters. The molecule has 0 spiro atoms. The summed E-state index contributed by atoms with van der Waals surface area (Å²) in [6.07, 6.45) is -2.03. The first-order valence-corrected chi connectivity index (χ1v) is 7.60. The summed E-state index contributed by atoms with van der Waals surface area (Å²) < 4.78 is 44.2. The average Bonchev–Trinajstić information content (AvgIpc) is 3.10. The maximum atomic E-state index is 13.0. The van der Waals surface area contributed by atoms with Crippen molar-refractivity contribution < 1.29 is 27.6 Å². The number of nitrogens with zero attached hydrogens (tertiary/aromatic N) is 3. The smallest absolute Gasteiger partial charge is 0.393 e. The highest BCUT2D eigenvalue weighted by molar-refractivity contribution is 5.85. The molecule has 1 saturated heterocycles. The van der Waals surface area contributed by atoms with Crippen molar-refractivity contribution in [2.45, 2.75) is 45.3 Å². The van der Waals surface area contributed by atoms with Crippen LogP contribution in [0.1, 0.15) is 44.4 Å². The largest absolute Gasteiger partial charge is 0.481 e. The van der Waals surface area contributed by atoms with Gasteiger partial charge >= 0.3 is 12.1 Å². The Balaban J connectivity index is 0.00000288. The lowest BCUT2D eigenvalue weighted by atomic mass is 9.96. The van der Waals surface area contributed by atoms with Crippen LogP contribution in [0.25, 0.3) is 0 Å². The van der Waals surface area contributed by atoms with Crippen molar-refractivity contribution in [1.29, 1.82) is 0 Å². The van der Waals surface area contributed by atoms with Crippen LogP contribution < -0.4 is 0 Å². The van der Waals surface area contributed by atoms with Gasteiger partial charge in [-0.15, -0.1) is 12.4 Å². The molecule has 1 fully saturated rings. The molecule has 0 bridgehead atoms. The molecule has 0 saturated carbocycles. The van der Waals surface area contributed by atoms with Gasteiger partial charge in [0.15, 0.2) is 5.82 Å². The maximum absolute atomic E-state index is 13.0. The van der Waals surface area contributed by atoms with E-state index in [1.54, 1.807) is 6.92 Å². The third-order valence-electron chi connectivity index (χ3n) is 4.23.